The molecule has 1 unspecified atom stereocenters. The van der Waals surface area contributed by atoms with E-state index in [0.29, 0.717) is 13.0 Å². The minimum atomic E-state index is -1.13. The molecule has 0 aliphatic carbocycles. The Morgan fingerprint density at radius 3 is 2.84 bits per heavy atom. The van der Waals surface area contributed by atoms with Crippen LogP contribution in [0.25, 0.3) is 0 Å². The molecule has 1 aromatic heterocycles. The molecule has 8 heteroatoms. The SMILES string of the molecule is COCC(NC(=O)NCCc1csc(C)n1)C(=O)O. The van der Waals surface area contributed by atoms with Gasteiger partial charge < -0.3 is 20.5 Å². The van der Waals surface area contributed by atoms with E-state index >= 15 is 0 Å². The van der Waals surface area contributed by atoms with Crippen LogP contribution in [0.4, 0.5) is 4.79 Å². The van der Waals surface area contributed by atoms with Crippen molar-refractivity contribution in [3.63, 3.8) is 0 Å². The standard InChI is InChI=1S/C11H17N3O4S/c1-7-13-8(6-19-7)3-4-12-11(17)14-9(5-18-2)10(15)16/h6,9H,3-5H2,1-2H3,(H,15,16)(H2,12,14,17). The summed E-state index contributed by atoms with van der Waals surface area (Å²) < 4.78 is 4.71. The maximum atomic E-state index is 11.5. The van der Waals surface area contributed by atoms with Crippen molar-refractivity contribution in [1.82, 2.24) is 15.6 Å². The first-order valence-electron chi connectivity index (χ1n) is 5.70. The van der Waals surface area contributed by atoms with Gasteiger partial charge in [0.25, 0.3) is 0 Å². The average Bonchev–Trinajstić information content (AvgIpc) is 2.74. The highest BCUT2D eigenvalue weighted by Crippen LogP contribution is 2.07. The maximum absolute atomic E-state index is 11.5. The van der Waals surface area contributed by atoms with Crippen LogP contribution in [-0.2, 0) is 16.0 Å². The molecular weight excluding hydrogens is 270 g/mol. The van der Waals surface area contributed by atoms with Gasteiger partial charge >= 0.3 is 12.0 Å². The van der Waals surface area contributed by atoms with Gasteiger partial charge in [-0.25, -0.2) is 14.6 Å². The molecule has 0 spiro atoms. The van der Waals surface area contributed by atoms with E-state index in [1.807, 2.05) is 12.3 Å². The summed E-state index contributed by atoms with van der Waals surface area (Å²) in [5.74, 6) is -1.13. The van der Waals surface area contributed by atoms with Gasteiger partial charge in [-0.05, 0) is 6.92 Å². The van der Waals surface area contributed by atoms with E-state index in [1.165, 1.54) is 7.11 Å². The number of ether oxygens (including phenoxy) is 1. The molecule has 0 fully saturated rings. The van der Waals surface area contributed by atoms with Crippen molar-refractivity contribution in [2.45, 2.75) is 19.4 Å². The monoisotopic (exact) mass is 287 g/mol. The van der Waals surface area contributed by atoms with E-state index in [9.17, 15) is 9.59 Å². The van der Waals surface area contributed by atoms with E-state index in [0.717, 1.165) is 10.7 Å². The number of carbonyl (C=O) groups excluding carboxylic acids is 1. The Morgan fingerprint density at radius 2 is 2.32 bits per heavy atom. The zero-order valence-corrected chi connectivity index (χ0v) is 11.6. The Labute approximate surface area is 115 Å². The van der Waals surface area contributed by atoms with Gasteiger partial charge in [-0.15, -0.1) is 11.3 Å². The molecule has 106 valence electrons. The zero-order valence-electron chi connectivity index (χ0n) is 10.8. The van der Waals surface area contributed by atoms with Crippen molar-refractivity contribution in [3.05, 3.63) is 16.1 Å². The van der Waals surface area contributed by atoms with Gasteiger partial charge in [0.1, 0.15) is 0 Å². The molecule has 0 aliphatic heterocycles. The Hall–Kier alpha value is -1.67. The predicted octanol–water partition coefficient (Wildman–Crippen LogP) is 0.393. The first-order valence-corrected chi connectivity index (χ1v) is 6.58. The van der Waals surface area contributed by atoms with Gasteiger partial charge in [-0.3, -0.25) is 0 Å². The Kier molecular flexibility index (Phi) is 6.23. The van der Waals surface area contributed by atoms with E-state index in [4.69, 9.17) is 9.84 Å². The van der Waals surface area contributed by atoms with Crippen molar-refractivity contribution in [2.75, 3.05) is 20.3 Å². The lowest BCUT2D eigenvalue weighted by atomic mass is 10.3. The molecule has 19 heavy (non-hydrogen) atoms. The fourth-order valence-corrected chi connectivity index (χ4v) is 2.02. The summed E-state index contributed by atoms with van der Waals surface area (Å²) in [6.45, 7) is 2.23. The number of methoxy groups -OCH3 is 1. The molecular formula is C11H17N3O4S. The molecule has 0 radical (unpaired) electrons. The zero-order chi connectivity index (χ0) is 14.3. The lowest BCUT2D eigenvalue weighted by molar-refractivity contribution is -0.140. The van der Waals surface area contributed by atoms with Crippen molar-refractivity contribution < 1.29 is 19.4 Å². The third kappa shape index (κ3) is 5.66. The van der Waals surface area contributed by atoms with E-state index in [2.05, 4.69) is 15.6 Å². The molecule has 0 bridgehead atoms. The number of nitrogens with zero attached hydrogens (tertiary/aromatic N) is 1. The van der Waals surface area contributed by atoms with Crippen LogP contribution >= 0.6 is 11.3 Å². The Bertz CT molecular complexity index is 435. The average molecular weight is 287 g/mol. The highest BCUT2D eigenvalue weighted by molar-refractivity contribution is 7.09. The first kappa shape index (κ1) is 15.4. The summed E-state index contributed by atoms with van der Waals surface area (Å²) in [6, 6.07) is -1.58. The molecule has 1 rings (SSSR count). The lowest BCUT2D eigenvalue weighted by Gasteiger charge is -2.13. The topological polar surface area (TPSA) is 101 Å². The van der Waals surface area contributed by atoms with Crippen molar-refractivity contribution in [3.8, 4) is 0 Å². The molecule has 1 atom stereocenters. The van der Waals surface area contributed by atoms with E-state index < -0.39 is 18.0 Å². The van der Waals surface area contributed by atoms with Crippen LogP contribution in [-0.4, -0.2) is 48.4 Å². The maximum Gasteiger partial charge on any atom is 0.328 e. The molecule has 1 heterocycles. The van der Waals surface area contributed by atoms with Crippen LogP contribution < -0.4 is 10.6 Å². The second-order valence-corrected chi connectivity index (χ2v) is 4.92. The second-order valence-electron chi connectivity index (χ2n) is 3.85. The number of carboxylic acids is 1. The van der Waals surface area contributed by atoms with Crippen LogP contribution in [0.1, 0.15) is 10.7 Å². The van der Waals surface area contributed by atoms with Crippen LogP contribution in [0.5, 0.6) is 0 Å². The molecule has 3 N–H and O–H groups in total. The Balaban J connectivity index is 2.28. The number of amides is 2. The van der Waals surface area contributed by atoms with Gasteiger partial charge in [0.15, 0.2) is 6.04 Å². The van der Waals surface area contributed by atoms with Gasteiger partial charge in [0.2, 0.25) is 0 Å². The number of carboxylic acid groups (broad SMARTS) is 1. The third-order valence-electron chi connectivity index (χ3n) is 2.27. The van der Waals surface area contributed by atoms with Crippen LogP contribution in [0, 0.1) is 6.92 Å². The normalized spacial score (nSPS) is 11.9. The number of hydrogen-bond donors (Lipinski definition) is 3. The molecule has 0 aromatic carbocycles. The summed E-state index contributed by atoms with van der Waals surface area (Å²) in [5.41, 5.74) is 0.912. The quantitative estimate of drug-likeness (QED) is 0.673. The molecule has 0 aliphatic rings. The fraction of sp³-hybridized carbons (Fsp3) is 0.545. The summed E-state index contributed by atoms with van der Waals surface area (Å²) >= 11 is 1.55. The summed E-state index contributed by atoms with van der Waals surface area (Å²) in [6.07, 6.45) is 0.611. The highest BCUT2D eigenvalue weighted by atomic mass is 32.1. The number of urea groups is 1. The number of carbonyl (C=O) groups is 2. The number of thiazole rings is 1. The fourth-order valence-electron chi connectivity index (χ4n) is 1.38. The van der Waals surface area contributed by atoms with E-state index in [1.54, 1.807) is 11.3 Å². The number of hydrogen-bond acceptors (Lipinski definition) is 5. The van der Waals surface area contributed by atoms with Gasteiger partial charge in [0.05, 0.1) is 17.3 Å². The van der Waals surface area contributed by atoms with Gasteiger partial charge in [0, 0.05) is 25.5 Å². The largest absolute Gasteiger partial charge is 0.480 e. The van der Waals surface area contributed by atoms with Crippen molar-refractivity contribution >= 4 is 23.3 Å². The van der Waals surface area contributed by atoms with Crippen molar-refractivity contribution in [1.29, 1.82) is 0 Å². The molecule has 7 nitrogen and oxygen atoms in total. The molecule has 0 saturated carbocycles. The molecule has 1 aromatic rings. The van der Waals surface area contributed by atoms with Gasteiger partial charge in [-0.2, -0.15) is 0 Å². The highest BCUT2D eigenvalue weighted by Gasteiger charge is 2.19. The number of rotatable bonds is 7. The summed E-state index contributed by atoms with van der Waals surface area (Å²) in [7, 11) is 1.38. The number of aliphatic carboxylic acids is 1. The number of nitrogens with one attached hydrogen (secondary N) is 2. The van der Waals surface area contributed by atoms with Crippen molar-refractivity contribution in [2.24, 2.45) is 0 Å². The molecule has 2 amide bonds. The van der Waals surface area contributed by atoms with Crippen LogP contribution in [0.2, 0.25) is 0 Å². The number of aryl methyl sites for hydroxylation is 1. The first-order chi connectivity index (χ1) is 9.02. The number of aromatic nitrogens is 1. The predicted molar refractivity (Wildman–Crippen MR) is 70.4 cm³/mol. The lowest BCUT2D eigenvalue weighted by Crippen LogP contribution is -2.48. The Morgan fingerprint density at radius 1 is 1.58 bits per heavy atom. The van der Waals surface area contributed by atoms with Gasteiger partial charge in [-0.1, -0.05) is 0 Å². The van der Waals surface area contributed by atoms with Crippen LogP contribution in [0.15, 0.2) is 5.38 Å². The summed E-state index contributed by atoms with van der Waals surface area (Å²) in [5, 5.41) is 16.6. The minimum Gasteiger partial charge on any atom is -0.480 e. The smallest absolute Gasteiger partial charge is 0.328 e. The minimum absolute atomic E-state index is 0.0754. The summed E-state index contributed by atoms with van der Waals surface area (Å²) in [4.78, 5) is 26.5. The van der Waals surface area contributed by atoms with E-state index in [-0.39, 0.29) is 6.61 Å². The second kappa shape index (κ2) is 7.70. The third-order valence-corrected chi connectivity index (χ3v) is 3.09. The molecule has 0 saturated heterocycles. The van der Waals surface area contributed by atoms with Crippen LogP contribution in [0.3, 0.4) is 0 Å².